The van der Waals surface area contributed by atoms with Gasteiger partial charge in [-0.2, -0.15) is 39.5 Å². The molecular formula is C55H63F9N6O4. The van der Waals surface area contributed by atoms with E-state index in [1.54, 1.807) is 64.4 Å². The number of benzene rings is 3. The summed E-state index contributed by atoms with van der Waals surface area (Å²) in [5.41, 5.74) is 0.575. The minimum atomic E-state index is -4.43. The van der Waals surface area contributed by atoms with Crippen LogP contribution in [-0.2, 0) is 32.9 Å². The number of pyridine rings is 3. The van der Waals surface area contributed by atoms with Gasteiger partial charge in [-0.15, -0.1) is 0 Å². The Balaban J connectivity index is 0.000000197. The van der Waals surface area contributed by atoms with Gasteiger partial charge in [0.1, 0.15) is 0 Å². The highest BCUT2D eigenvalue weighted by molar-refractivity contribution is 5.88. The average Bonchev–Trinajstić information content (AvgIpc) is 3.31. The lowest BCUT2D eigenvalue weighted by atomic mass is 9.83. The zero-order valence-corrected chi connectivity index (χ0v) is 41.3. The molecule has 3 aliphatic heterocycles. The molecule has 0 aliphatic carbocycles. The van der Waals surface area contributed by atoms with Gasteiger partial charge >= 0.3 is 18.5 Å². The van der Waals surface area contributed by atoms with E-state index in [0.717, 1.165) is 68.1 Å². The van der Waals surface area contributed by atoms with Crippen molar-refractivity contribution >= 4 is 50.5 Å². The number of aliphatic carboxylic acids is 1. The van der Waals surface area contributed by atoms with Gasteiger partial charge in [-0.1, -0.05) is 64.6 Å². The van der Waals surface area contributed by atoms with Gasteiger partial charge in [0.25, 0.3) is 5.97 Å². The zero-order chi connectivity index (χ0) is 53.6. The van der Waals surface area contributed by atoms with Crippen LogP contribution in [-0.4, -0.2) is 86.9 Å². The van der Waals surface area contributed by atoms with Crippen LogP contribution < -0.4 is 5.32 Å². The van der Waals surface area contributed by atoms with Crippen LogP contribution in [0.2, 0.25) is 0 Å². The second-order valence-corrected chi connectivity index (χ2v) is 19.4. The molecule has 74 heavy (non-hydrogen) atoms. The summed E-state index contributed by atoms with van der Waals surface area (Å²) < 4.78 is 119. The summed E-state index contributed by atoms with van der Waals surface area (Å²) in [5.74, 6) is 0.587. The number of nitrogens with zero attached hydrogens (tertiary/aromatic N) is 5. The van der Waals surface area contributed by atoms with Crippen molar-refractivity contribution in [2.24, 2.45) is 17.8 Å². The first-order valence-electron chi connectivity index (χ1n) is 24.0. The Kier molecular flexibility index (Phi) is 19.2. The standard InChI is InChI=1S/2C18H19F3N2O.C16H17F3N2.C2H4O2.CH4/c2*1-11-8-13(10-23(9-11)12(2)24)14-5-6-16(18(19,20)21)17-15(14)4-3-7-22-17;1-10-7-11(9-20-8-10)12-4-5-14(16(17,18)19)15-13(12)3-2-6-21-15;1-2(3)4;/h2*3-7,11,13H,8-10H2,1-2H3;2-6,10-11,20H,7-9H2,1H3;1H3,(H,3,4);1H4/t11-,13?;11-,13+;;;/m11.../s1. The summed E-state index contributed by atoms with van der Waals surface area (Å²) in [6.07, 6.45) is -6.38. The maximum Gasteiger partial charge on any atom is 0.418 e. The molecule has 19 heteroatoms. The van der Waals surface area contributed by atoms with E-state index in [-0.39, 0.29) is 53.5 Å². The van der Waals surface area contributed by atoms with Crippen molar-refractivity contribution in [3.63, 3.8) is 0 Å². The van der Waals surface area contributed by atoms with Crippen LogP contribution in [0.3, 0.4) is 0 Å². The van der Waals surface area contributed by atoms with Crippen molar-refractivity contribution in [3.8, 4) is 0 Å². The SMILES string of the molecule is C.CC(=O)N1CC(c2ccc(C(F)(F)F)c3ncccc23)C[C@@H](C)C1.CC(=O)N1C[C@H](C)C[C@H](c2ccc(C(F)(F)F)c3ncccc23)C1.CC(=O)O.CC1CNCC(c2ccc(C(F)(F)F)c3ncccc23)C1. The minimum absolute atomic E-state index is 0. The number of carbonyl (C=O) groups excluding carboxylic acids is 2. The molecule has 9 rings (SSSR count). The quantitative estimate of drug-likeness (QED) is 0.168. The van der Waals surface area contributed by atoms with E-state index >= 15 is 0 Å². The molecule has 3 aliphatic rings. The fourth-order valence-corrected chi connectivity index (χ4v) is 10.4. The molecule has 0 spiro atoms. The second kappa shape index (κ2) is 24.3. The van der Waals surface area contributed by atoms with E-state index in [0.29, 0.717) is 60.1 Å². The average molecular weight is 1040 g/mol. The molecule has 400 valence electrons. The highest BCUT2D eigenvalue weighted by Gasteiger charge is 2.38. The lowest BCUT2D eigenvalue weighted by Gasteiger charge is -2.36. The third kappa shape index (κ3) is 14.5. The third-order valence-corrected chi connectivity index (χ3v) is 13.4. The molecule has 2 N–H and O–H groups in total. The molecule has 0 saturated carbocycles. The highest BCUT2D eigenvalue weighted by Crippen LogP contribution is 2.42. The number of hydrogen-bond acceptors (Lipinski definition) is 7. The molecular weight excluding hydrogens is 980 g/mol. The summed E-state index contributed by atoms with van der Waals surface area (Å²) in [5, 5.41) is 12.4. The Hall–Kier alpha value is -6.37. The number of alkyl halides is 9. The van der Waals surface area contributed by atoms with Gasteiger partial charge in [0, 0.05) is 100 Å². The van der Waals surface area contributed by atoms with Gasteiger partial charge in [0.05, 0.1) is 33.2 Å². The number of amides is 2. The van der Waals surface area contributed by atoms with Crippen molar-refractivity contribution in [3.05, 3.63) is 125 Å². The first kappa shape index (κ1) is 58.5. The van der Waals surface area contributed by atoms with E-state index in [9.17, 15) is 49.1 Å². The fourth-order valence-electron chi connectivity index (χ4n) is 10.4. The van der Waals surface area contributed by atoms with Crippen LogP contribution in [0.4, 0.5) is 39.5 Å². The smallest absolute Gasteiger partial charge is 0.418 e. The van der Waals surface area contributed by atoms with Crippen LogP contribution in [0.5, 0.6) is 0 Å². The molecule has 3 saturated heterocycles. The molecule has 6 atom stereocenters. The normalized spacial score (nSPS) is 21.2. The molecule has 3 unspecified atom stereocenters. The number of carboxylic acids is 1. The van der Waals surface area contributed by atoms with Gasteiger partial charge in [-0.05, 0) is 103 Å². The summed E-state index contributed by atoms with van der Waals surface area (Å²) in [6.45, 7) is 14.7. The van der Waals surface area contributed by atoms with E-state index in [1.807, 2.05) is 0 Å². The Labute approximate surface area is 424 Å². The predicted octanol–water partition coefficient (Wildman–Crippen LogP) is 13.1. The Morgan fingerprint density at radius 1 is 0.500 bits per heavy atom. The van der Waals surface area contributed by atoms with Crippen molar-refractivity contribution in [1.29, 1.82) is 0 Å². The number of piperidine rings is 3. The van der Waals surface area contributed by atoms with Crippen molar-refractivity contribution in [1.82, 2.24) is 30.1 Å². The molecule has 3 aromatic heterocycles. The number of nitrogens with one attached hydrogen (secondary N) is 1. The Morgan fingerprint density at radius 3 is 1.11 bits per heavy atom. The van der Waals surface area contributed by atoms with E-state index in [1.165, 1.54) is 38.5 Å². The summed E-state index contributed by atoms with van der Waals surface area (Å²) in [7, 11) is 0. The van der Waals surface area contributed by atoms with E-state index in [4.69, 9.17) is 9.90 Å². The van der Waals surface area contributed by atoms with Crippen LogP contribution in [0.15, 0.2) is 91.4 Å². The van der Waals surface area contributed by atoms with Crippen LogP contribution in [0.1, 0.15) is 119 Å². The lowest BCUT2D eigenvalue weighted by Crippen LogP contribution is -2.41. The van der Waals surface area contributed by atoms with Crippen molar-refractivity contribution in [2.45, 2.75) is 105 Å². The first-order chi connectivity index (χ1) is 34.2. The molecule has 6 heterocycles. The number of rotatable bonds is 3. The van der Waals surface area contributed by atoms with Gasteiger partial charge < -0.3 is 20.2 Å². The van der Waals surface area contributed by atoms with E-state index < -0.39 is 41.2 Å². The largest absolute Gasteiger partial charge is 0.481 e. The predicted molar refractivity (Wildman–Crippen MR) is 267 cm³/mol. The second-order valence-electron chi connectivity index (χ2n) is 19.4. The van der Waals surface area contributed by atoms with Crippen molar-refractivity contribution in [2.75, 3.05) is 39.3 Å². The van der Waals surface area contributed by atoms with Gasteiger partial charge in [-0.3, -0.25) is 29.3 Å². The molecule has 3 aromatic carbocycles. The molecule has 3 fully saturated rings. The Morgan fingerprint density at radius 2 is 0.811 bits per heavy atom. The third-order valence-electron chi connectivity index (χ3n) is 13.4. The summed E-state index contributed by atoms with van der Waals surface area (Å²) >= 11 is 0. The highest BCUT2D eigenvalue weighted by atomic mass is 19.4. The lowest BCUT2D eigenvalue weighted by molar-refractivity contribution is -0.137. The number of carboxylic acid groups (broad SMARTS) is 1. The summed E-state index contributed by atoms with van der Waals surface area (Å²) in [4.78, 5) is 48.0. The number of likely N-dealkylation sites (tertiary alicyclic amines) is 2. The maximum atomic E-state index is 13.2. The molecule has 10 nitrogen and oxygen atoms in total. The molecule has 6 aromatic rings. The number of aromatic nitrogens is 3. The van der Waals surface area contributed by atoms with E-state index in [2.05, 4.69) is 41.0 Å². The number of carbonyl (C=O) groups is 3. The fraction of sp³-hybridized carbons (Fsp3) is 0.455. The number of hydrogen-bond donors (Lipinski definition) is 2. The monoisotopic (exact) mass is 1040 g/mol. The van der Waals surface area contributed by atoms with Gasteiger partial charge in [0.15, 0.2) is 0 Å². The maximum absolute atomic E-state index is 13.2. The Bertz CT molecular complexity index is 2770. The molecule has 0 radical (unpaired) electrons. The van der Waals surface area contributed by atoms with Crippen LogP contribution in [0.25, 0.3) is 32.7 Å². The number of halogens is 9. The molecule has 0 bridgehead atoms. The number of fused-ring (bicyclic) bond motifs is 3. The summed E-state index contributed by atoms with van der Waals surface area (Å²) in [6, 6.07) is 18.2. The first-order valence-corrected chi connectivity index (χ1v) is 24.0. The van der Waals surface area contributed by atoms with Crippen LogP contribution >= 0.6 is 0 Å². The minimum Gasteiger partial charge on any atom is -0.481 e. The van der Waals surface area contributed by atoms with Crippen molar-refractivity contribution < 1.29 is 59.0 Å². The zero-order valence-electron chi connectivity index (χ0n) is 41.3. The molecule has 2 amide bonds. The van der Waals surface area contributed by atoms with Crippen LogP contribution in [0, 0.1) is 17.8 Å². The van der Waals surface area contributed by atoms with Gasteiger partial charge in [-0.25, -0.2) is 0 Å². The topological polar surface area (TPSA) is 129 Å². The van der Waals surface area contributed by atoms with Gasteiger partial charge in [0.2, 0.25) is 11.8 Å².